The summed E-state index contributed by atoms with van der Waals surface area (Å²) >= 11 is 0. The van der Waals surface area contributed by atoms with Crippen LogP contribution in [0.1, 0.15) is 45.6 Å². The number of benzene rings is 1. The van der Waals surface area contributed by atoms with Gasteiger partial charge in [-0.25, -0.2) is 0 Å². The Hall–Kier alpha value is -1.06. The molecule has 4 heteroatoms. The van der Waals surface area contributed by atoms with Crippen molar-refractivity contribution in [3.63, 3.8) is 0 Å². The molecule has 0 aliphatic carbocycles. The molecule has 1 aliphatic heterocycles. The lowest BCUT2D eigenvalue weighted by Crippen LogP contribution is -2.53. The summed E-state index contributed by atoms with van der Waals surface area (Å²) in [4.78, 5) is 12.6. The summed E-state index contributed by atoms with van der Waals surface area (Å²) in [6, 6.07) is 10.8. The minimum Gasteiger partial charge on any atom is -0.351 e. The molecular weight excluding hydrogens is 308 g/mol. The molecule has 1 fully saturated rings. The molecule has 2 rings (SSSR count). The molecule has 1 aromatic rings. The number of rotatable bonds is 6. The van der Waals surface area contributed by atoms with Crippen molar-refractivity contribution < 1.29 is 4.79 Å². The van der Waals surface area contributed by atoms with Crippen molar-refractivity contribution in [2.45, 2.75) is 52.5 Å². The normalized spacial score (nSPS) is 21.3. The van der Waals surface area contributed by atoms with Gasteiger partial charge in [0.25, 0.3) is 0 Å². The predicted octanol–water partition coefficient (Wildman–Crippen LogP) is 3.57. The van der Waals surface area contributed by atoms with E-state index in [2.05, 4.69) is 55.7 Å². The second kappa shape index (κ2) is 9.29. The van der Waals surface area contributed by atoms with Crippen LogP contribution in [0.3, 0.4) is 0 Å². The van der Waals surface area contributed by atoms with E-state index >= 15 is 0 Å². The maximum Gasteiger partial charge on any atom is 0.225 e. The largest absolute Gasteiger partial charge is 0.351 e. The van der Waals surface area contributed by atoms with Crippen LogP contribution >= 0.6 is 12.4 Å². The molecule has 2 atom stereocenters. The van der Waals surface area contributed by atoms with Crippen molar-refractivity contribution in [2.24, 2.45) is 11.3 Å². The number of aryl methyl sites for hydroxylation is 1. The van der Waals surface area contributed by atoms with E-state index in [1.54, 1.807) is 0 Å². The lowest BCUT2D eigenvalue weighted by molar-refractivity contribution is -0.131. The van der Waals surface area contributed by atoms with E-state index in [0.29, 0.717) is 5.92 Å². The van der Waals surface area contributed by atoms with E-state index < -0.39 is 0 Å². The number of halogens is 1. The number of amides is 1. The molecule has 0 saturated carbocycles. The van der Waals surface area contributed by atoms with Crippen molar-refractivity contribution in [1.29, 1.82) is 0 Å². The van der Waals surface area contributed by atoms with Gasteiger partial charge in [0.15, 0.2) is 0 Å². The maximum absolute atomic E-state index is 12.6. The summed E-state index contributed by atoms with van der Waals surface area (Å²) in [5.74, 6) is 0.756. The zero-order valence-corrected chi connectivity index (χ0v) is 15.4. The average Bonchev–Trinajstić information content (AvgIpc) is 2.50. The Morgan fingerprint density at radius 3 is 2.65 bits per heavy atom. The van der Waals surface area contributed by atoms with E-state index in [9.17, 15) is 4.79 Å². The van der Waals surface area contributed by atoms with Crippen LogP contribution in [-0.4, -0.2) is 25.0 Å². The Morgan fingerprint density at radius 1 is 1.30 bits per heavy atom. The summed E-state index contributed by atoms with van der Waals surface area (Å²) in [6.07, 6.45) is 4.14. The van der Waals surface area contributed by atoms with Gasteiger partial charge in [-0.1, -0.05) is 51.1 Å². The third-order valence-electron chi connectivity index (χ3n) is 4.87. The van der Waals surface area contributed by atoms with Gasteiger partial charge in [-0.15, -0.1) is 12.4 Å². The highest BCUT2D eigenvalue weighted by Gasteiger charge is 2.31. The predicted molar refractivity (Wildman–Crippen MR) is 99.0 cm³/mol. The third kappa shape index (κ3) is 6.15. The van der Waals surface area contributed by atoms with Crippen LogP contribution in [0.25, 0.3) is 0 Å². The number of hydrogen-bond donors (Lipinski definition) is 2. The molecule has 1 saturated heterocycles. The Morgan fingerprint density at radius 2 is 2.00 bits per heavy atom. The van der Waals surface area contributed by atoms with E-state index in [4.69, 9.17) is 0 Å². The Labute approximate surface area is 147 Å². The molecule has 1 amide bonds. The molecule has 1 aliphatic rings. The van der Waals surface area contributed by atoms with Gasteiger partial charge >= 0.3 is 0 Å². The second-order valence-electron chi connectivity index (χ2n) is 7.27. The van der Waals surface area contributed by atoms with Crippen LogP contribution in [0.5, 0.6) is 0 Å². The minimum absolute atomic E-state index is 0. The first-order chi connectivity index (χ1) is 10.5. The molecule has 0 aromatic heterocycles. The van der Waals surface area contributed by atoms with Gasteiger partial charge in [0.1, 0.15) is 0 Å². The van der Waals surface area contributed by atoms with Gasteiger partial charge in [-0.3, -0.25) is 4.79 Å². The molecule has 130 valence electrons. The summed E-state index contributed by atoms with van der Waals surface area (Å²) in [7, 11) is 0. The molecule has 23 heavy (non-hydrogen) atoms. The number of nitrogens with one attached hydrogen (secondary N) is 2. The Balaban J connectivity index is 0.00000264. The van der Waals surface area contributed by atoms with E-state index in [0.717, 1.165) is 38.8 Å². The first-order valence-corrected chi connectivity index (χ1v) is 8.54. The fourth-order valence-electron chi connectivity index (χ4n) is 3.04. The number of hydrogen-bond acceptors (Lipinski definition) is 2. The zero-order chi connectivity index (χ0) is 16.0. The Bertz CT molecular complexity index is 476. The number of carbonyl (C=O) groups is 1. The van der Waals surface area contributed by atoms with Crippen molar-refractivity contribution in [3.8, 4) is 0 Å². The van der Waals surface area contributed by atoms with Gasteiger partial charge in [-0.05, 0) is 43.7 Å². The van der Waals surface area contributed by atoms with Gasteiger partial charge in [0.2, 0.25) is 5.91 Å². The summed E-state index contributed by atoms with van der Waals surface area (Å²) < 4.78 is 0. The van der Waals surface area contributed by atoms with Crippen LogP contribution in [0, 0.1) is 11.3 Å². The van der Waals surface area contributed by atoms with E-state index in [-0.39, 0.29) is 29.8 Å². The highest BCUT2D eigenvalue weighted by molar-refractivity contribution is 5.85. The standard InChI is InChI=1S/C19H30N2O.ClH/c1-15-11-13-20-14-17(15)21-18(22)19(2,3)12-7-10-16-8-5-4-6-9-16;/h4-6,8-9,15,17,20H,7,10-14H2,1-3H3,(H,21,22);1H. The summed E-state index contributed by atoms with van der Waals surface area (Å²) in [5.41, 5.74) is 1.05. The highest BCUT2D eigenvalue weighted by Crippen LogP contribution is 2.25. The SMILES string of the molecule is CC1CCNCC1NC(=O)C(C)(C)CCCc1ccccc1.Cl. The van der Waals surface area contributed by atoms with Crippen molar-refractivity contribution in [1.82, 2.24) is 10.6 Å². The minimum atomic E-state index is -0.300. The fourth-order valence-corrected chi connectivity index (χ4v) is 3.04. The number of piperidine rings is 1. The van der Waals surface area contributed by atoms with E-state index in [1.807, 2.05) is 6.07 Å². The number of carbonyl (C=O) groups excluding carboxylic acids is 1. The molecule has 3 nitrogen and oxygen atoms in total. The smallest absolute Gasteiger partial charge is 0.225 e. The van der Waals surface area contributed by atoms with Gasteiger partial charge < -0.3 is 10.6 Å². The molecule has 1 aromatic carbocycles. The van der Waals surface area contributed by atoms with Crippen LogP contribution in [-0.2, 0) is 11.2 Å². The molecular formula is C19H31ClN2O. The summed E-state index contributed by atoms with van der Waals surface area (Å²) in [6.45, 7) is 8.32. The fraction of sp³-hybridized carbons (Fsp3) is 0.632. The molecule has 0 bridgehead atoms. The third-order valence-corrected chi connectivity index (χ3v) is 4.87. The molecule has 2 N–H and O–H groups in total. The first kappa shape index (κ1) is 20.0. The van der Waals surface area contributed by atoms with Gasteiger partial charge in [0, 0.05) is 18.0 Å². The van der Waals surface area contributed by atoms with Crippen molar-refractivity contribution in [3.05, 3.63) is 35.9 Å². The second-order valence-corrected chi connectivity index (χ2v) is 7.27. The summed E-state index contributed by atoms with van der Waals surface area (Å²) in [5, 5.41) is 6.63. The van der Waals surface area contributed by atoms with Gasteiger partial charge in [-0.2, -0.15) is 0 Å². The highest BCUT2D eigenvalue weighted by atomic mass is 35.5. The van der Waals surface area contributed by atoms with Crippen LogP contribution in [0.15, 0.2) is 30.3 Å². The zero-order valence-electron chi connectivity index (χ0n) is 14.6. The topological polar surface area (TPSA) is 41.1 Å². The van der Waals surface area contributed by atoms with Crippen LogP contribution < -0.4 is 10.6 Å². The molecule has 0 spiro atoms. The van der Waals surface area contributed by atoms with Crippen molar-refractivity contribution in [2.75, 3.05) is 13.1 Å². The maximum atomic E-state index is 12.6. The molecule has 1 heterocycles. The lowest BCUT2D eigenvalue weighted by atomic mass is 9.84. The monoisotopic (exact) mass is 338 g/mol. The van der Waals surface area contributed by atoms with Crippen LogP contribution in [0.2, 0.25) is 0 Å². The quantitative estimate of drug-likeness (QED) is 0.832. The first-order valence-electron chi connectivity index (χ1n) is 8.54. The average molecular weight is 339 g/mol. The van der Waals surface area contributed by atoms with Crippen molar-refractivity contribution >= 4 is 18.3 Å². The Kier molecular flexibility index (Phi) is 8.07. The van der Waals surface area contributed by atoms with Gasteiger partial charge in [0.05, 0.1) is 0 Å². The van der Waals surface area contributed by atoms with E-state index in [1.165, 1.54) is 5.56 Å². The molecule has 2 unspecified atom stereocenters. The molecule has 0 radical (unpaired) electrons. The lowest BCUT2D eigenvalue weighted by Gasteiger charge is -2.33. The van der Waals surface area contributed by atoms with Crippen LogP contribution in [0.4, 0.5) is 0 Å².